The Morgan fingerprint density at radius 3 is 2.76 bits per heavy atom. The number of nitrogens with zero attached hydrogens (tertiary/aromatic N) is 1. The highest BCUT2D eigenvalue weighted by atomic mass is 32.1. The van der Waals surface area contributed by atoms with Crippen LogP contribution in [0.25, 0.3) is 0 Å². The SMILES string of the molecule is Cc1ccc(C(=O)Nc2ncc(Cc3cccc(C(F)(F)F)c3)s2)o1. The lowest BCUT2D eigenvalue weighted by molar-refractivity contribution is -0.137. The fourth-order valence-electron chi connectivity index (χ4n) is 2.22. The molecule has 0 aliphatic rings. The lowest BCUT2D eigenvalue weighted by Gasteiger charge is -2.07. The predicted molar refractivity (Wildman–Crippen MR) is 87.8 cm³/mol. The van der Waals surface area contributed by atoms with Gasteiger partial charge in [0.15, 0.2) is 10.9 Å². The summed E-state index contributed by atoms with van der Waals surface area (Å²) in [6, 6.07) is 8.38. The van der Waals surface area contributed by atoms with Gasteiger partial charge in [0.1, 0.15) is 5.76 Å². The van der Waals surface area contributed by atoms with Crippen LogP contribution in [0.5, 0.6) is 0 Å². The molecule has 0 fully saturated rings. The van der Waals surface area contributed by atoms with Gasteiger partial charge in [-0.25, -0.2) is 4.98 Å². The van der Waals surface area contributed by atoms with Gasteiger partial charge in [-0.2, -0.15) is 13.2 Å². The Labute approximate surface area is 145 Å². The summed E-state index contributed by atoms with van der Waals surface area (Å²) in [6.07, 6.45) is -2.53. The van der Waals surface area contributed by atoms with Crippen molar-refractivity contribution in [3.8, 4) is 0 Å². The average molecular weight is 366 g/mol. The van der Waals surface area contributed by atoms with Crippen LogP contribution in [0, 0.1) is 6.92 Å². The molecule has 0 aliphatic carbocycles. The smallest absolute Gasteiger partial charge is 0.416 e. The Hall–Kier alpha value is -2.61. The van der Waals surface area contributed by atoms with E-state index in [1.54, 1.807) is 25.1 Å². The third-order valence-corrected chi connectivity index (χ3v) is 4.28. The van der Waals surface area contributed by atoms with E-state index in [-0.39, 0.29) is 5.76 Å². The lowest BCUT2D eigenvalue weighted by atomic mass is 10.1. The normalized spacial score (nSPS) is 11.5. The molecule has 2 heterocycles. The number of benzene rings is 1. The van der Waals surface area contributed by atoms with Gasteiger partial charge in [0.2, 0.25) is 0 Å². The van der Waals surface area contributed by atoms with Crippen molar-refractivity contribution in [2.75, 3.05) is 5.32 Å². The Balaban J connectivity index is 1.69. The van der Waals surface area contributed by atoms with Crippen molar-refractivity contribution in [3.05, 3.63) is 70.1 Å². The lowest BCUT2D eigenvalue weighted by Crippen LogP contribution is -2.10. The molecular formula is C17H13F3N2O2S. The van der Waals surface area contributed by atoms with Crippen molar-refractivity contribution < 1.29 is 22.4 Å². The van der Waals surface area contributed by atoms with E-state index in [4.69, 9.17) is 4.42 Å². The summed E-state index contributed by atoms with van der Waals surface area (Å²) in [5, 5.41) is 2.97. The number of aryl methyl sites for hydroxylation is 1. The summed E-state index contributed by atoms with van der Waals surface area (Å²) < 4.78 is 43.5. The maximum atomic E-state index is 12.8. The zero-order chi connectivity index (χ0) is 18.0. The maximum absolute atomic E-state index is 12.8. The number of nitrogens with one attached hydrogen (secondary N) is 1. The third kappa shape index (κ3) is 4.27. The van der Waals surface area contributed by atoms with Crippen LogP contribution in [-0.4, -0.2) is 10.9 Å². The Bertz CT molecular complexity index is 899. The third-order valence-electron chi connectivity index (χ3n) is 3.37. The van der Waals surface area contributed by atoms with Crippen LogP contribution >= 0.6 is 11.3 Å². The topological polar surface area (TPSA) is 55.1 Å². The van der Waals surface area contributed by atoms with Gasteiger partial charge in [-0.1, -0.05) is 18.2 Å². The minimum atomic E-state index is -4.37. The van der Waals surface area contributed by atoms with Crippen LogP contribution in [0.4, 0.5) is 18.3 Å². The molecule has 2 aromatic heterocycles. The molecule has 0 atom stereocenters. The molecule has 0 aliphatic heterocycles. The van der Waals surface area contributed by atoms with E-state index in [0.717, 1.165) is 17.0 Å². The largest absolute Gasteiger partial charge is 0.456 e. The number of carbonyl (C=O) groups is 1. The minimum absolute atomic E-state index is 0.173. The molecule has 3 aromatic rings. The molecular weight excluding hydrogens is 353 g/mol. The Morgan fingerprint density at radius 1 is 1.28 bits per heavy atom. The Kier molecular flexibility index (Phi) is 4.63. The molecule has 130 valence electrons. The minimum Gasteiger partial charge on any atom is -0.456 e. The molecule has 1 amide bonds. The molecule has 0 saturated heterocycles. The average Bonchev–Trinajstić information content (AvgIpc) is 3.16. The van der Waals surface area contributed by atoms with Crippen molar-refractivity contribution in [2.45, 2.75) is 19.5 Å². The molecule has 25 heavy (non-hydrogen) atoms. The van der Waals surface area contributed by atoms with Gasteiger partial charge in [0.05, 0.1) is 5.56 Å². The number of hydrogen-bond acceptors (Lipinski definition) is 4. The highest BCUT2D eigenvalue weighted by molar-refractivity contribution is 7.15. The number of amides is 1. The van der Waals surface area contributed by atoms with Gasteiger partial charge >= 0.3 is 6.18 Å². The van der Waals surface area contributed by atoms with Crippen LogP contribution in [0.1, 0.15) is 32.3 Å². The van der Waals surface area contributed by atoms with Crippen LogP contribution in [0.2, 0.25) is 0 Å². The van der Waals surface area contributed by atoms with Gasteiger partial charge in [-0.05, 0) is 30.7 Å². The van der Waals surface area contributed by atoms with Crippen LogP contribution in [-0.2, 0) is 12.6 Å². The van der Waals surface area contributed by atoms with E-state index in [0.29, 0.717) is 22.9 Å². The monoisotopic (exact) mass is 366 g/mol. The van der Waals surface area contributed by atoms with Crippen molar-refractivity contribution in [1.29, 1.82) is 0 Å². The zero-order valence-corrected chi connectivity index (χ0v) is 13.9. The molecule has 4 nitrogen and oxygen atoms in total. The van der Waals surface area contributed by atoms with E-state index < -0.39 is 17.6 Å². The number of anilines is 1. The van der Waals surface area contributed by atoms with E-state index in [9.17, 15) is 18.0 Å². The fraction of sp³-hybridized carbons (Fsp3) is 0.176. The van der Waals surface area contributed by atoms with Crippen molar-refractivity contribution in [2.24, 2.45) is 0 Å². The standard InChI is InChI=1S/C17H13F3N2O2S/c1-10-5-6-14(24-10)15(23)22-16-21-9-13(25-16)8-11-3-2-4-12(7-11)17(18,19)20/h2-7,9H,8H2,1H3,(H,21,22,23). The zero-order valence-electron chi connectivity index (χ0n) is 13.1. The molecule has 0 radical (unpaired) electrons. The van der Waals surface area contributed by atoms with Crippen molar-refractivity contribution in [1.82, 2.24) is 4.98 Å². The number of rotatable bonds is 4. The highest BCUT2D eigenvalue weighted by Crippen LogP contribution is 2.30. The first kappa shape index (κ1) is 17.2. The van der Waals surface area contributed by atoms with Gasteiger partial charge in [0, 0.05) is 17.5 Å². The van der Waals surface area contributed by atoms with E-state index in [1.165, 1.54) is 23.6 Å². The number of alkyl halides is 3. The van der Waals surface area contributed by atoms with Crippen LogP contribution in [0.3, 0.4) is 0 Å². The molecule has 0 spiro atoms. The number of aromatic nitrogens is 1. The first-order valence-corrected chi connectivity index (χ1v) is 8.11. The predicted octanol–water partition coefficient (Wildman–Crippen LogP) is 4.91. The molecule has 1 N–H and O–H groups in total. The van der Waals surface area contributed by atoms with Gasteiger partial charge < -0.3 is 4.42 Å². The Morgan fingerprint density at radius 2 is 2.08 bits per heavy atom. The van der Waals surface area contributed by atoms with Gasteiger partial charge in [-0.3, -0.25) is 10.1 Å². The molecule has 3 rings (SSSR count). The molecule has 0 bridgehead atoms. The quantitative estimate of drug-likeness (QED) is 0.714. The summed E-state index contributed by atoms with van der Waals surface area (Å²) in [6.45, 7) is 1.73. The number of hydrogen-bond donors (Lipinski definition) is 1. The number of carbonyl (C=O) groups excluding carboxylic acids is 1. The first-order valence-electron chi connectivity index (χ1n) is 7.30. The van der Waals surface area contributed by atoms with Gasteiger partial charge in [0.25, 0.3) is 5.91 Å². The second kappa shape index (κ2) is 6.72. The summed E-state index contributed by atoms with van der Waals surface area (Å²) in [4.78, 5) is 16.8. The second-order valence-corrected chi connectivity index (χ2v) is 6.49. The molecule has 0 unspecified atom stereocenters. The van der Waals surface area contributed by atoms with Crippen molar-refractivity contribution >= 4 is 22.4 Å². The van der Waals surface area contributed by atoms with E-state index >= 15 is 0 Å². The first-order chi connectivity index (χ1) is 11.8. The number of halogens is 3. The van der Waals surface area contributed by atoms with Crippen molar-refractivity contribution in [3.63, 3.8) is 0 Å². The van der Waals surface area contributed by atoms with Crippen LogP contribution < -0.4 is 5.32 Å². The molecule has 1 aromatic carbocycles. The highest BCUT2D eigenvalue weighted by Gasteiger charge is 2.30. The van der Waals surface area contributed by atoms with Gasteiger partial charge in [-0.15, -0.1) is 11.3 Å². The van der Waals surface area contributed by atoms with Crippen LogP contribution in [0.15, 0.2) is 47.0 Å². The number of thiazole rings is 1. The molecule has 8 heteroatoms. The summed E-state index contributed by atoms with van der Waals surface area (Å²) >= 11 is 1.20. The van der Waals surface area contributed by atoms with E-state index in [1.807, 2.05) is 0 Å². The summed E-state index contributed by atoms with van der Waals surface area (Å²) in [5.41, 5.74) is -0.158. The maximum Gasteiger partial charge on any atom is 0.416 e. The summed E-state index contributed by atoms with van der Waals surface area (Å²) in [7, 11) is 0. The van der Waals surface area contributed by atoms with E-state index in [2.05, 4.69) is 10.3 Å². The second-order valence-electron chi connectivity index (χ2n) is 5.37. The number of furan rings is 1. The fourth-order valence-corrected chi connectivity index (χ4v) is 3.06. The molecule has 0 saturated carbocycles. The summed E-state index contributed by atoms with van der Waals surface area (Å²) in [5.74, 6) is 0.370.